The number of benzene rings is 2. The number of nitrogens with one attached hydrogen (secondary N) is 1. The van der Waals surface area contributed by atoms with Gasteiger partial charge in [0.05, 0.1) is 26.3 Å². The summed E-state index contributed by atoms with van der Waals surface area (Å²) in [7, 11) is 5.22. The van der Waals surface area contributed by atoms with Gasteiger partial charge in [-0.3, -0.25) is 9.69 Å². The van der Waals surface area contributed by atoms with Crippen molar-refractivity contribution in [2.24, 2.45) is 0 Å². The molecule has 0 heterocycles. The number of hydrogen-bond donors (Lipinski definition) is 1. The average Bonchev–Trinajstić information content (AvgIpc) is 2.65. The van der Waals surface area contributed by atoms with Gasteiger partial charge in [-0.25, -0.2) is 0 Å². The molecule has 1 saturated carbocycles. The van der Waals surface area contributed by atoms with Crippen LogP contribution in [0.15, 0.2) is 48.5 Å². The first-order valence-corrected chi connectivity index (χ1v) is 9.32. The third-order valence-electron chi connectivity index (χ3n) is 5.26. The van der Waals surface area contributed by atoms with Crippen LogP contribution in [0, 0.1) is 0 Å². The molecule has 0 aromatic heterocycles. The Hall–Kier alpha value is -2.53. The molecule has 1 N–H and O–H groups in total. The summed E-state index contributed by atoms with van der Waals surface area (Å²) < 4.78 is 10.7. The number of amides is 1. The molecule has 0 saturated heterocycles. The normalized spacial score (nSPS) is 15.1. The highest BCUT2D eigenvalue weighted by molar-refractivity contribution is 5.79. The van der Waals surface area contributed by atoms with Crippen molar-refractivity contribution in [2.75, 3.05) is 27.8 Å². The molecule has 0 aliphatic heterocycles. The molecular weight excluding hydrogens is 340 g/mol. The van der Waals surface area contributed by atoms with Crippen molar-refractivity contribution in [3.05, 3.63) is 59.7 Å². The molecule has 1 amide bonds. The monoisotopic (exact) mass is 368 g/mol. The summed E-state index contributed by atoms with van der Waals surface area (Å²) in [6.07, 6.45) is 3.14. The van der Waals surface area contributed by atoms with Crippen LogP contribution in [0.4, 0.5) is 0 Å². The van der Waals surface area contributed by atoms with Crippen LogP contribution in [0.2, 0.25) is 0 Å². The number of likely N-dealkylation sites (N-methyl/N-ethyl adjacent to an activating group) is 1. The first kappa shape index (κ1) is 19.2. The molecule has 0 atom stereocenters. The summed E-state index contributed by atoms with van der Waals surface area (Å²) in [5.74, 6) is 1.57. The second-order valence-corrected chi connectivity index (χ2v) is 7.20. The number of hydrogen-bond acceptors (Lipinski definition) is 4. The lowest BCUT2D eigenvalue weighted by Crippen LogP contribution is -2.52. The summed E-state index contributed by atoms with van der Waals surface area (Å²) in [6, 6.07) is 16.0. The van der Waals surface area contributed by atoms with E-state index in [0.29, 0.717) is 13.1 Å². The van der Waals surface area contributed by atoms with Gasteiger partial charge in [0, 0.05) is 18.2 Å². The average molecular weight is 368 g/mol. The largest absolute Gasteiger partial charge is 0.497 e. The van der Waals surface area contributed by atoms with E-state index in [9.17, 15) is 4.79 Å². The van der Waals surface area contributed by atoms with Crippen molar-refractivity contribution >= 4 is 5.91 Å². The van der Waals surface area contributed by atoms with Crippen molar-refractivity contribution in [1.82, 2.24) is 10.2 Å². The quantitative estimate of drug-likeness (QED) is 0.777. The van der Waals surface area contributed by atoms with E-state index < -0.39 is 0 Å². The predicted molar refractivity (Wildman–Crippen MR) is 106 cm³/mol. The van der Waals surface area contributed by atoms with Gasteiger partial charge in [-0.1, -0.05) is 36.4 Å². The number of rotatable bonds is 8. The van der Waals surface area contributed by atoms with Gasteiger partial charge in [0.25, 0.3) is 0 Å². The van der Waals surface area contributed by atoms with Crippen LogP contribution >= 0.6 is 0 Å². The lowest BCUT2D eigenvalue weighted by atomic mass is 9.72. The smallest absolute Gasteiger partial charge is 0.234 e. The summed E-state index contributed by atoms with van der Waals surface area (Å²) >= 11 is 0. The minimum Gasteiger partial charge on any atom is -0.497 e. The Morgan fingerprint density at radius 3 is 2.44 bits per heavy atom. The lowest BCUT2D eigenvalue weighted by Gasteiger charge is -2.43. The minimum absolute atomic E-state index is 0.0496. The van der Waals surface area contributed by atoms with Gasteiger partial charge in [-0.05, 0) is 37.9 Å². The summed E-state index contributed by atoms with van der Waals surface area (Å²) in [4.78, 5) is 14.7. The Balaban J connectivity index is 1.61. The molecule has 2 aromatic carbocycles. The molecule has 2 aromatic rings. The Labute approximate surface area is 161 Å². The molecule has 3 rings (SSSR count). The van der Waals surface area contributed by atoms with Crippen molar-refractivity contribution in [2.45, 2.75) is 31.3 Å². The van der Waals surface area contributed by atoms with E-state index in [2.05, 4.69) is 17.4 Å². The van der Waals surface area contributed by atoms with Crippen molar-refractivity contribution < 1.29 is 14.3 Å². The standard InChI is InChI=1S/C22H28N2O3/c1-24(15-17-10-11-19(26-2)14-20(17)27-3)16-21(25)23-22(12-7-13-22)18-8-5-4-6-9-18/h4-6,8-11,14H,7,12-13,15-16H2,1-3H3,(H,23,25). The van der Waals surface area contributed by atoms with Crippen molar-refractivity contribution in [3.8, 4) is 11.5 Å². The molecular formula is C22H28N2O3. The number of nitrogens with zero attached hydrogens (tertiary/aromatic N) is 1. The highest BCUT2D eigenvalue weighted by atomic mass is 16.5. The molecule has 144 valence electrons. The van der Waals surface area contributed by atoms with E-state index >= 15 is 0 Å². The first-order valence-electron chi connectivity index (χ1n) is 9.32. The summed E-state index contributed by atoms with van der Waals surface area (Å²) in [5.41, 5.74) is 2.02. The molecule has 0 spiro atoms. The van der Waals surface area contributed by atoms with Crippen molar-refractivity contribution in [1.29, 1.82) is 0 Å². The lowest BCUT2D eigenvalue weighted by molar-refractivity contribution is -0.125. The predicted octanol–water partition coefficient (Wildman–Crippen LogP) is 3.33. The third-order valence-corrected chi connectivity index (χ3v) is 5.26. The van der Waals surface area contributed by atoms with Crippen LogP contribution < -0.4 is 14.8 Å². The highest BCUT2D eigenvalue weighted by Crippen LogP contribution is 2.41. The molecule has 1 aliphatic carbocycles. The van der Waals surface area contributed by atoms with Crippen LogP contribution in [-0.2, 0) is 16.9 Å². The van der Waals surface area contributed by atoms with Crippen LogP contribution in [-0.4, -0.2) is 38.6 Å². The second kappa shape index (κ2) is 8.44. The van der Waals surface area contributed by atoms with E-state index in [1.165, 1.54) is 5.56 Å². The van der Waals surface area contributed by atoms with E-state index in [1.807, 2.05) is 48.3 Å². The second-order valence-electron chi connectivity index (χ2n) is 7.20. The Morgan fingerprint density at radius 1 is 1.11 bits per heavy atom. The Morgan fingerprint density at radius 2 is 1.85 bits per heavy atom. The maximum Gasteiger partial charge on any atom is 0.234 e. The van der Waals surface area contributed by atoms with Gasteiger partial charge in [-0.2, -0.15) is 0 Å². The molecule has 1 aliphatic rings. The number of ether oxygens (including phenoxy) is 2. The van der Waals surface area contributed by atoms with E-state index in [1.54, 1.807) is 14.2 Å². The molecule has 0 radical (unpaired) electrons. The Kier molecular flexibility index (Phi) is 6.01. The zero-order chi connectivity index (χ0) is 19.3. The number of methoxy groups -OCH3 is 2. The van der Waals surface area contributed by atoms with Gasteiger partial charge >= 0.3 is 0 Å². The molecule has 1 fully saturated rings. The van der Waals surface area contributed by atoms with E-state index in [4.69, 9.17) is 9.47 Å². The number of carbonyl (C=O) groups excluding carboxylic acids is 1. The molecule has 0 unspecified atom stereocenters. The fraction of sp³-hybridized carbons (Fsp3) is 0.409. The topological polar surface area (TPSA) is 50.8 Å². The van der Waals surface area contributed by atoms with Gasteiger partial charge in [0.1, 0.15) is 11.5 Å². The number of carbonyl (C=O) groups is 1. The SMILES string of the molecule is COc1ccc(CN(C)CC(=O)NC2(c3ccccc3)CCC2)c(OC)c1. The zero-order valence-corrected chi connectivity index (χ0v) is 16.3. The fourth-order valence-corrected chi connectivity index (χ4v) is 3.65. The van der Waals surface area contributed by atoms with Crippen LogP contribution in [0.25, 0.3) is 0 Å². The summed E-state index contributed by atoms with van der Waals surface area (Å²) in [5, 5.41) is 3.28. The van der Waals surface area contributed by atoms with Gasteiger partial charge in [0.2, 0.25) is 5.91 Å². The molecule has 5 heteroatoms. The third kappa shape index (κ3) is 4.42. The molecule has 0 bridgehead atoms. The Bertz CT molecular complexity index is 772. The minimum atomic E-state index is -0.197. The van der Waals surface area contributed by atoms with Crippen LogP contribution in [0.5, 0.6) is 11.5 Å². The molecule has 5 nitrogen and oxygen atoms in total. The zero-order valence-electron chi connectivity index (χ0n) is 16.3. The van der Waals surface area contributed by atoms with E-state index in [-0.39, 0.29) is 11.4 Å². The van der Waals surface area contributed by atoms with Crippen LogP contribution in [0.1, 0.15) is 30.4 Å². The van der Waals surface area contributed by atoms with Gasteiger partial charge < -0.3 is 14.8 Å². The van der Waals surface area contributed by atoms with Crippen LogP contribution in [0.3, 0.4) is 0 Å². The van der Waals surface area contributed by atoms with Gasteiger partial charge in [0.15, 0.2) is 0 Å². The van der Waals surface area contributed by atoms with E-state index in [0.717, 1.165) is 36.3 Å². The fourth-order valence-electron chi connectivity index (χ4n) is 3.65. The maximum atomic E-state index is 12.7. The highest BCUT2D eigenvalue weighted by Gasteiger charge is 2.39. The van der Waals surface area contributed by atoms with Gasteiger partial charge in [-0.15, -0.1) is 0 Å². The molecule has 27 heavy (non-hydrogen) atoms. The first-order chi connectivity index (χ1) is 13.1. The summed E-state index contributed by atoms with van der Waals surface area (Å²) in [6.45, 7) is 0.961. The maximum absolute atomic E-state index is 12.7. The van der Waals surface area contributed by atoms with Crippen molar-refractivity contribution in [3.63, 3.8) is 0 Å².